The Morgan fingerprint density at radius 1 is 1.12 bits per heavy atom. The van der Waals surface area contributed by atoms with Crippen molar-refractivity contribution in [2.75, 3.05) is 17.8 Å². The van der Waals surface area contributed by atoms with E-state index in [0.29, 0.717) is 6.07 Å². The number of amidine groups is 1. The molecule has 0 aliphatic carbocycles. The van der Waals surface area contributed by atoms with Gasteiger partial charge in [-0.2, -0.15) is 0 Å². The minimum absolute atomic E-state index is 0.263. The normalized spacial score (nSPS) is 16.3. The number of hydrogen-bond donors (Lipinski definition) is 1. The van der Waals surface area contributed by atoms with E-state index in [2.05, 4.69) is 14.6 Å². The van der Waals surface area contributed by atoms with Crippen molar-refractivity contribution < 1.29 is 17.2 Å². The van der Waals surface area contributed by atoms with E-state index < -0.39 is 26.6 Å². The van der Waals surface area contributed by atoms with E-state index in [4.69, 9.17) is 0 Å². The summed E-state index contributed by atoms with van der Waals surface area (Å²) in [6.45, 7) is 1.58. The van der Waals surface area contributed by atoms with Crippen molar-refractivity contribution >= 4 is 38.3 Å². The summed E-state index contributed by atoms with van der Waals surface area (Å²) in [7, 11) is -4.23. The summed E-state index contributed by atoms with van der Waals surface area (Å²) in [4.78, 5) is 5.76. The van der Waals surface area contributed by atoms with Crippen molar-refractivity contribution in [2.24, 2.45) is 4.99 Å². The van der Waals surface area contributed by atoms with E-state index in [1.54, 1.807) is 36.0 Å². The van der Waals surface area contributed by atoms with E-state index in [-0.39, 0.29) is 5.69 Å². The molecule has 0 unspecified atom stereocenters. The Labute approximate surface area is 153 Å². The van der Waals surface area contributed by atoms with Crippen LogP contribution in [0, 0.1) is 11.6 Å². The number of benzene rings is 2. The van der Waals surface area contributed by atoms with Gasteiger partial charge in [-0.25, -0.2) is 17.2 Å². The van der Waals surface area contributed by atoms with Crippen LogP contribution in [0.3, 0.4) is 0 Å². The molecule has 1 N–H and O–H groups in total. The largest absolute Gasteiger partial charge is 0.318 e. The van der Waals surface area contributed by atoms with Gasteiger partial charge in [0.05, 0.1) is 12.2 Å². The Balaban J connectivity index is 1.56. The third-order valence-corrected chi connectivity index (χ3v) is 6.28. The Morgan fingerprint density at radius 2 is 1.88 bits per heavy atom. The Morgan fingerprint density at radius 3 is 2.65 bits per heavy atom. The van der Waals surface area contributed by atoms with Gasteiger partial charge in [0.25, 0.3) is 10.0 Å². The molecule has 0 radical (unpaired) electrons. The van der Waals surface area contributed by atoms with Gasteiger partial charge in [-0.15, -0.1) is 0 Å². The van der Waals surface area contributed by atoms with Crippen LogP contribution in [0.5, 0.6) is 0 Å². The predicted octanol–water partition coefficient (Wildman–Crippen LogP) is 3.48. The molecule has 5 nitrogen and oxygen atoms in total. The molecule has 0 spiro atoms. The summed E-state index contributed by atoms with van der Waals surface area (Å²) in [6.07, 6.45) is 0. The molecule has 2 heterocycles. The van der Waals surface area contributed by atoms with Crippen molar-refractivity contribution in [1.82, 2.24) is 4.90 Å². The lowest BCUT2D eigenvalue weighted by Gasteiger charge is -2.17. The summed E-state index contributed by atoms with van der Waals surface area (Å²) in [5.74, 6) is -1.83. The molecular formula is C17H13F2N3O2S2. The zero-order chi connectivity index (χ0) is 18.3. The number of aliphatic imine (C=N–C) groups is 1. The van der Waals surface area contributed by atoms with Crippen LogP contribution < -0.4 is 4.72 Å². The summed E-state index contributed by atoms with van der Waals surface area (Å²) in [5.41, 5.74) is 2.19. The molecule has 0 amide bonds. The monoisotopic (exact) mass is 393 g/mol. The van der Waals surface area contributed by atoms with Crippen LogP contribution in [0.15, 0.2) is 57.8 Å². The highest BCUT2D eigenvalue weighted by Crippen LogP contribution is 2.35. The van der Waals surface area contributed by atoms with Gasteiger partial charge in [0.1, 0.15) is 16.5 Å². The smallest absolute Gasteiger partial charge is 0.264 e. The van der Waals surface area contributed by atoms with Gasteiger partial charge in [-0.1, -0.05) is 23.9 Å². The second-order valence-corrected chi connectivity index (χ2v) is 8.18. The first-order valence-electron chi connectivity index (χ1n) is 7.71. The molecule has 9 heteroatoms. The molecule has 2 aromatic rings. The molecular weight excluding hydrogens is 380 g/mol. The minimum atomic E-state index is -4.23. The van der Waals surface area contributed by atoms with Gasteiger partial charge in [-0.3, -0.25) is 9.71 Å². The lowest BCUT2D eigenvalue weighted by atomic mass is 10.1. The third-order valence-electron chi connectivity index (χ3n) is 3.98. The van der Waals surface area contributed by atoms with Crippen molar-refractivity contribution in [2.45, 2.75) is 4.90 Å². The van der Waals surface area contributed by atoms with Gasteiger partial charge >= 0.3 is 0 Å². The predicted molar refractivity (Wildman–Crippen MR) is 98.2 cm³/mol. The topological polar surface area (TPSA) is 61.8 Å². The standard InChI is InChI=1S/C17H13F2N3O2S2/c18-12-3-6-14(19)16(9-12)26(23,24)21-13-4-1-11(2-5-13)15-10-25-17-20-7-8-22(15)17/h1-6,9-10,21H,7-8H2. The van der Waals surface area contributed by atoms with Crippen molar-refractivity contribution in [1.29, 1.82) is 0 Å². The second kappa shape index (κ2) is 6.40. The lowest BCUT2D eigenvalue weighted by Crippen LogP contribution is -2.19. The van der Waals surface area contributed by atoms with Crippen LogP contribution in [0.2, 0.25) is 0 Å². The van der Waals surface area contributed by atoms with Crippen LogP contribution >= 0.6 is 11.8 Å². The number of rotatable bonds is 4. The van der Waals surface area contributed by atoms with Crippen LogP contribution in [0.4, 0.5) is 14.5 Å². The Kier molecular flexibility index (Phi) is 4.20. The molecule has 2 aliphatic rings. The minimum Gasteiger partial charge on any atom is -0.318 e. The molecule has 4 rings (SSSR count). The Bertz CT molecular complexity index is 1030. The number of thioether (sulfide) groups is 1. The van der Waals surface area contributed by atoms with Gasteiger partial charge < -0.3 is 4.90 Å². The van der Waals surface area contributed by atoms with Gasteiger partial charge in [0.2, 0.25) is 0 Å². The summed E-state index contributed by atoms with van der Waals surface area (Å²) in [6, 6.07) is 9.02. The van der Waals surface area contributed by atoms with Crippen LogP contribution in [-0.2, 0) is 10.0 Å². The maximum atomic E-state index is 13.7. The average molecular weight is 393 g/mol. The van der Waals surface area contributed by atoms with Crippen LogP contribution in [0.1, 0.15) is 5.56 Å². The first-order chi connectivity index (χ1) is 12.4. The fourth-order valence-electron chi connectivity index (χ4n) is 2.75. The highest BCUT2D eigenvalue weighted by atomic mass is 32.2. The molecule has 0 fully saturated rings. The van der Waals surface area contributed by atoms with Gasteiger partial charge in [0.15, 0.2) is 5.17 Å². The van der Waals surface area contributed by atoms with E-state index in [9.17, 15) is 17.2 Å². The number of hydrogen-bond acceptors (Lipinski definition) is 5. The maximum Gasteiger partial charge on any atom is 0.264 e. The summed E-state index contributed by atoms with van der Waals surface area (Å²) in [5, 5.41) is 2.96. The average Bonchev–Trinajstić information content (AvgIpc) is 3.21. The quantitative estimate of drug-likeness (QED) is 0.864. The number of sulfonamides is 1. The van der Waals surface area contributed by atoms with Crippen LogP contribution in [0.25, 0.3) is 5.70 Å². The fraction of sp³-hybridized carbons (Fsp3) is 0.118. The lowest BCUT2D eigenvalue weighted by molar-refractivity contribution is 0.555. The molecule has 0 bridgehead atoms. The maximum absolute atomic E-state index is 13.7. The number of nitrogens with one attached hydrogen (secondary N) is 1. The van der Waals surface area contributed by atoms with Crippen LogP contribution in [-0.4, -0.2) is 31.6 Å². The first-order valence-corrected chi connectivity index (χ1v) is 10.1. The molecule has 2 aliphatic heterocycles. The number of fused-ring (bicyclic) bond motifs is 1. The highest BCUT2D eigenvalue weighted by Gasteiger charge is 2.27. The SMILES string of the molecule is O=S(=O)(Nc1ccc(C2=CSC3=NCCN23)cc1)c1cc(F)ccc1F. The number of nitrogens with zero attached hydrogens (tertiary/aromatic N) is 2. The van der Waals surface area contributed by atoms with Gasteiger partial charge in [-0.05, 0) is 35.9 Å². The number of anilines is 1. The molecule has 0 saturated carbocycles. The Hall–Kier alpha value is -2.39. The third kappa shape index (κ3) is 3.08. The van der Waals surface area contributed by atoms with Crippen molar-refractivity contribution in [3.8, 4) is 0 Å². The molecule has 2 aromatic carbocycles. The van der Waals surface area contributed by atoms with Crippen molar-refractivity contribution in [3.63, 3.8) is 0 Å². The summed E-state index contributed by atoms with van der Waals surface area (Å²) >= 11 is 1.56. The molecule has 0 aromatic heterocycles. The molecule has 26 heavy (non-hydrogen) atoms. The van der Waals surface area contributed by atoms with E-state index >= 15 is 0 Å². The zero-order valence-corrected chi connectivity index (χ0v) is 14.9. The number of halogens is 2. The first kappa shape index (κ1) is 17.0. The zero-order valence-electron chi connectivity index (χ0n) is 13.3. The molecule has 0 atom stereocenters. The van der Waals surface area contributed by atoms with E-state index in [1.165, 1.54) is 0 Å². The highest BCUT2D eigenvalue weighted by molar-refractivity contribution is 8.16. The van der Waals surface area contributed by atoms with E-state index in [1.807, 2.05) is 5.41 Å². The second-order valence-electron chi connectivity index (χ2n) is 5.69. The molecule has 134 valence electrons. The fourth-order valence-corrected chi connectivity index (χ4v) is 4.86. The summed E-state index contributed by atoms with van der Waals surface area (Å²) < 4.78 is 53.9. The van der Waals surface area contributed by atoms with Gasteiger partial charge in [0, 0.05) is 17.6 Å². The van der Waals surface area contributed by atoms with Crippen molar-refractivity contribution in [3.05, 3.63) is 65.1 Å². The molecule has 0 saturated heterocycles. The van der Waals surface area contributed by atoms with E-state index in [0.717, 1.165) is 41.7 Å².